The monoisotopic (exact) mass is 283 g/mol. The predicted molar refractivity (Wildman–Crippen MR) is 82.7 cm³/mol. The standard InChI is InChI=1S/C17H21N3O/c1-13(17(21)18-10-9-14-7-8-14)20-12-16(11-19-20)15-5-3-2-4-6-15/h2-6,11-14H,7-10H2,1H3,(H,18,21). The summed E-state index contributed by atoms with van der Waals surface area (Å²) in [6.45, 7) is 2.66. The molecule has 4 nitrogen and oxygen atoms in total. The number of carbonyl (C=O) groups excluding carboxylic acids is 1. The molecule has 1 heterocycles. The molecule has 1 N–H and O–H groups in total. The highest BCUT2D eigenvalue weighted by Gasteiger charge is 2.21. The second-order valence-corrected chi connectivity index (χ2v) is 5.77. The fourth-order valence-corrected chi connectivity index (χ4v) is 2.40. The van der Waals surface area contributed by atoms with Crippen molar-refractivity contribution in [1.82, 2.24) is 15.1 Å². The predicted octanol–water partition coefficient (Wildman–Crippen LogP) is 3.03. The number of nitrogens with one attached hydrogen (secondary N) is 1. The molecule has 110 valence electrons. The Morgan fingerprint density at radius 2 is 2.10 bits per heavy atom. The fourth-order valence-electron chi connectivity index (χ4n) is 2.40. The highest BCUT2D eigenvalue weighted by atomic mass is 16.2. The van der Waals surface area contributed by atoms with Crippen LogP contribution in [0.25, 0.3) is 11.1 Å². The third-order valence-corrected chi connectivity index (χ3v) is 4.03. The lowest BCUT2D eigenvalue weighted by atomic mass is 10.1. The molecule has 0 radical (unpaired) electrons. The maximum absolute atomic E-state index is 12.1. The van der Waals surface area contributed by atoms with Crippen LogP contribution in [0, 0.1) is 5.92 Å². The van der Waals surface area contributed by atoms with E-state index in [0.717, 1.165) is 30.0 Å². The summed E-state index contributed by atoms with van der Waals surface area (Å²) in [6, 6.07) is 9.80. The Labute approximate surface area is 125 Å². The van der Waals surface area contributed by atoms with Crippen molar-refractivity contribution in [2.24, 2.45) is 5.92 Å². The van der Waals surface area contributed by atoms with Gasteiger partial charge in [-0.2, -0.15) is 5.10 Å². The lowest BCUT2D eigenvalue weighted by molar-refractivity contribution is -0.124. The van der Waals surface area contributed by atoms with Gasteiger partial charge in [-0.3, -0.25) is 9.48 Å². The van der Waals surface area contributed by atoms with Gasteiger partial charge < -0.3 is 5.32 Å². The van der Waals surface area contributed by atoms with Crippen LogP contribution in [0.15, 0.2) is 42.7 Å². The van der Waals surface area contributed by atoms with Crippen LogP contribution < -0.4 is 5.32 Å². The Hall–Kier alpha value is -2.10. The molecule has 0 bridgehead atoms. The molecule has 4 heteroatoms. The van der Waals surface area contributed by atoms with Gasteiger partial charge >= 0.3 is 0 Å². The van der Waals surface area contributed by atoms with E-state index >= 15 is 0 Å². The summed E-state index contributed by atoms with van der Waals surface area (Å²) in [5, 5.41) is 7.33. The zero-order valence-corrected chi connectivity index (χ0v) is 12.3. The minimum atomic E-state index is -0.276. The quantitative estimate of drug-likeness (QED) is 0.885. The number of nitrogens with zero attached hydrogens (tertiary/aromatic N) is 2. The van der Waals surface area contributed by atoms with Crippen LogP contribution in [0.4, 0.5) is 0 Å². The summed E-state index contributed by atoms with van der Waals surface area (Å²) >= 11 is 0. The van der Waals surface area contributed by atoms with Crippen LogP contribution >= 0.6 is 0 Å². The van der Waals surface area contributed by atoms with E-state index in [-0.39, 0.29) is 11.9 Å². The lowest BCUT2D eigenvalue weighted by Gasteiger charge is -2.12. The largest absolute Gasteiger partial charge is 0.354 e. The van der Waals surface area contributed by atoms with E-state index in [1.54, 1.807) is 4.68 Å². The molecule has 1 aliphatic rings. The first-order valence-corrected chi connectivity index (χ1v) is 7.61. The number of hydrogen-bond acceptors (Lipinski definition) is 2. The Balaban J connectivity index is 1.60. The number of carbonyl (C=O) groups is 1. The molecule has 1 atom stereocenters. The van der Waals surface area contributed by atoms with Crippen molar-refractivity contribution in [1.29, 1.82) is 0 Å². The van der Waals surface area contributed by atoms with Crippen LogP contribution in [-0.2, 0) is 4.79 Å². The normalized spacial score (nSPS) is 15.7. The Bertz CT molecular complexity index is 602. The molecule has 1 aromatic carbocycles. The van der Waals surface area contributed by atoms with E-state index in [4.69, 9.17) is 0 Å². The van der Waals surface area contributed by atoms with Gasteiger partial charge in [-0.1, -0.05) is 43.2 Å². The highest BCUT2D eigenvalue weighted by Crippen LogP contribution is 2.31. The molecule has 1 aromatic heterocycles. The first kappa shape index (κ1) is 13.9. The Kier molecular flexibility index (Phi) is 4.04. The molecule has 1 fully saturated rings. The molecule has 1 unspecified atom stereocenters. The molecule has 3 rings (SSSR count). The van der Waals surface area contributed by atoms with Crippen molar-refractivity contribution in [2.45, 2.75) is 32.2 Å². The number of rotatable bonds is 6. The maximum atomic E-state index is 12.1. The molecule has 0 saturated heterocycles. The van der Waals surface area contributed by atoms with E-state index in [2.05, 4.69) is 10.4 Å². The van der Waals surface area contributed by atoms with Crippen LogP contribution in [0.1, 0.15) is 32.2 Å². The fraction of sp³-hybridized carbons (Fsp3) is 0.412. The zero-order valence-electron chi connectivity index (χ0n) is 12.3. The van der Waals surface area contributed by atoms with Crippen LogP contribution in [0.5, 0.6) is 0 Å². The molecular formula is C17H21N3O. The van der Waals surface area contributed by atoms with Gasteiger partial charge in [0.2, 0.25) is 5.91 Å². The summed E-state index contributed by atoms with van der Waals surface area (Å²) in [4.78, 5) is 12.1. The van der Waals surface area contributed by atoms with E-state index in [9.17, 15) is 4.79 Å². The number of aromatic nitrogens is 2. The molecule has 1 aliphatic carbocycles. The first-order valence-electron chi connectivity index (χ1n) is 7.61. The minimum absolute atomic E-state index is 0.0401. The van der Waals surface area contributed by atoms with Gasteiger partial charge in [-0.05, 0) is 24.8 Å². The smallest absolute Gasteiger partial charge is 0.244 e. The maximum Gasteiger partial charge on any atom is 0.244 e. The Morgan fingerprint density at radius 3 is 2.81 bits per heavy atom. The van der Waals surface area contributed by atoms with Crippen molar-refractivity contribution in [2.75, 3.05) is 6.54 Å². The second-order valence-electron chi connectivity index (χ2n) is 5.77. The summed E-state index contributed by atoms with van der Waals surface area (Å²) < 4.78 is 1.73. The van der Waals surface area contributed by atoms with E-state index < -0.39 is 0 Å². The van der Waals surface area contributed by atoms with Crippen molar-refractivity contribution >= 4 is 5.91 Å². The highest BCUT2D eigenvalue weighted by molar-refractivity contribution is 5.79. The molecule has 21 heavy (non-hydrogen) atoms. The average Bonchev–Trinajstić information content (AvgIpc) is 3.21. The summed E-state index contributed by atoms with van der Waals surface area (Å²) in [7, 11) is 0. The van der Waals surface area contributed by atoms with Crippen LogP contribution in [0.3, 0.4) is 0 Å². The zero-order chi connectivity index (χ0) is 14.7. The first-order chi connectivity index (χ1) is 10.2. The van der Waals surface area contributed by atoms with Gasteiger partial charge in [0.25, 0.3) is 0 Å². The van der Waals surface area contributed by atoms with Gasteiger partial charge in [-0.25, -0.2) is 0 Å². The van der Waals surface area contributed by atoms with E-state index in [1.165, 1.54) is 12.8 Å². The van der Waals surface area contributed by atoms with Gasteiger partial charge in [-0.15, -0.1) is 0 Å². The molecule has 0 aliphatic heterocycles. The van der Waals surface area contributed by atoms with Crippen molar-refractivity contribution in [3.05, 3.63) is 42.7 Å². The lowest BCUT2D eigenvalue weighted by Crippen LogP contribution is -2.32. The van der Waals surface area contributed by atoms with Crippen molar-refractivity contribution < 1.29 is 4.79 Å². The average molecular weight is 283 g/mol. The SMILES string of the molecule is CC(C(=O)NCCC1CC1)n1cc(-c2ccccc2)cn1. The summed E-state index contributed by atoms with van der Waals surface area (Å²) in [5.74, 6) is 0.883. The van der Waals surface area contributed by atoms with Gasteiger partial charge in [0.15, 0.2) is 0 Å². The Morgan fingerprint density at radius 1 is 1.33 bits per heavy atom. The molecule has 2 aromatic rings. The third kappa shape index (κ3) is 3.51. The van der Waals surface area contributed by atoms with Gasteiger partial charge in [0.1, 0.15) is 6.04 Å². The van der Waals surface area contributed by atoms with E-state index in [0.29, 0.717) is 0 Å². The minimum Gasteiger partial charge on any atom is -0.354 e. The van der Waals surface area contributed by atoms with Gasteiger partial charge in [0.05, 0.1) is 6.20 Å². The topological polar surface area (TPSA) is 46.9 Å². The molecular weight excluding hydrogens is 262 g/mol. The third-order valence-electron chi connectivity index (χ3n) is 4.03. The number of hydrogen-bond donors (Lipinski definition) is 1. The van der Waals surface area contributed by atoms with Crippen molar-refractivity contribution in [3.63, 3.8) is 0 Å². The second kappa shape index (κ2) is 6.12. The summed E-state index contributed by atoms with van der Waals surface area (Å²) in [6.07, 6.45) is 7.49. The number of benzene rings is 1. The van der Waals surface area contributed by atoms with Crippen LogP contribution in [-0.4, -0.2) is 22.2 Å². The molecule has 1 saturated carbocycles. The van der Waals surface area contributed by atoms with Gasteiger partial charge in [0, 0.05) is 18.3 Å². The van der Waals surface area contributed by atoms with E-state index in [1.807, 2.05) is 49.6 Å². The number of amides is 1. The van der Waals surface area contributed by atoms with Crippen LogP contribution in [0.2, 0.25) is 0 Å². The molecule has 1 amide bonds. The summed E-state index contributed by atoms with van der Waals surface area (Å²) in [5.41, 5.74) is 2.15. The van der Waals surface area contributed by atoms with Crippen molar-refractivity contribution in [3.8, 4) is 11.1 Å². The molecule has 0 spiro atoms.